The Kier molecular flexibility index (Phi) is 4.12. The second-order valence-electron chi connectivity index (χ2n) is 3.88. The van der Waals surface area contributed by atoms with Crippen LogP contribution in [0.3, 0.4) is 0 Å². The molecular formula is C13H15N3O3. The summed E-state index contributed by atoms with van der Waals surface area (Å²) in [6, 6.07) is 6.93. The fraction of sp³-hybridized carbons (Fsp3) is 0.308. The molecule has 0 radical (unpaired) electrons. The van der Waals surface area contributed by atoms with Crippen molar-refractivity contribution in [2.75, 3.05) is 6.61 Å². The van der Waals surface area contributed by atoms with Crippen LogP contribution >= 0.6 is 0 Å². The number of aromatic nitrogens is 2. The minimum absolute atomic E-state index is 0.195. The summed E-state index contributed by atoms with van der Waals surface area (Å²) in [5.74, 6) is 1.48. The quantitative estimate of drug-likeness (QED) is 0.886. The van der Waals surface area contributed by atoms with Crippen molar-refractivity contribution in [2.24, 2.45) is 0 Å². The summed E-state index contributed by atoms with van der Waals surface area (Å²) in [6.07, 6.45) is 0. The van der Waals surface area contributed by atoms with Gasteiger partial charge in [0.1, 0.15) is 5.75 Å². The van der Waals surface area contributed by atoms with E-state index in [1.807, 2.05) is 6.92 Å². The molecule has 1 heterocycles. The summed E-state index contributed by atoms with van der Waals surface area (Å²) in [6.45, 7) is 4.45. The monoisotopic (exact) mass is 261 g/mol. The first-order valence-corrected chi connectivity index (χ1v) is 5.99. The van der Waals surface area contributed by atoms with E-state index in [-0.39, 0.29) is 12.5 Å². The van der Waals surface area contributed by atoms with Gasteiger partial charge in [0.25, 0.3) is 5.91 Å². The standard InChI is InChI=1S/C13H15N3O3/c1-3-18-11-6-4-10(5-7-11)13(17)14-8-12-15-9(2)16-19-12/h4-7H,3,8H2,1-2H3,(H,14,17). The number of nitrogens with one attached hydrogen (secondary N) is 1. The van der Waals surface area contributed by atoms with Crippen LogP contribution in [0.15, 0.2) is 28.8 Å². The van der Waals surface area contributed by atoms with Gasteiger partial charge in [-0.05, 0) is 38.1 Å². The summed E-state index contributed by atoms with van der Waals surface area (Å²) in [5.41, 5.74) is 0.555. The van der Waals surface area contributed by atoms with Crippen molar-refractivity contribution in [3.63, 3.8) is 0 Å². The Morgan fingerprint density at radius 3 is 2.68 bits per heavy atom. The predicted octanol–water partition coefficient (Wildman–Crippen LogP) is 1.71. The second-order valence-corrected chi connectivity index (χ2v) is 3.88. The number of hydrogen-bond donors (Lipinski definition) is 1. The first kappa shape index (κ1) is 13.1. The summed E-state index contributed by atoms with van der Waals surface area (Å²) in [5, 5.41) is 6.35. The van der Waals surface area contributed by atoms with Crippen molar-refractivity contribution in [3.8, 4) is 5.75 Å². The molecule has 0 aliphatic carbocycles. The van der Waals surface area contributed by atoms with E-state index in [1.165, 1.54) is 0 Å². The van der Waals surface area contributed by atoms with Crippen molar-refractivity contribution in [1.82, 2.24) is 15.5 Å². The molecule has 1 N–H and O–H groups in total. The molecule has 2 aromatic rings. The molecule has 0 saturated carbocycles. The Bertz CT molecular complexity index is 549. The number of ether oxygens (including phenoxy) is 1. The van der Waals surface area contributed by atoms with Crippen LogP contribution in [-0.2, 0) is 6.54 Å². The van der Waals surface area contributed by atoms with Gasteiger partial charge < -0.3 is 14.6 Å². The molecule has 0 bridgehead atoms. The summed E-state index contributed by atoms with van der Waals surface area (Å²) >= 11 is 0. The third kappa shape index (κ3) is 3.54. The van der Waals surface area contributed by atoms with Crippen LogP contribution in [0.2, 0.25) is 0 Å². The Balaban J connectivity index is 1.92. The van der Waals surface area contributed by atoms with Gasteiger partial charge in [-0.25, -0.2) is 0 Å². The molecule has 0 aliphatic rings. The predicted molar refractivity (Wildman–Crippen MR) is 67.8 cm³/mol. The maximum atomic E-state index is 11.9. The minimum atomic E-state index is -0.195. The number of benzene rings is 1. The summed E-state index contributed by atoms with van der Waals surface area (Å²) in [4.78, 5) is 15.9. The zero-order chi connectivity index (χ0) is 13.7. The smallest absolute Gasteiger partial charge is 0.251 e. The van der Waals surface area contributed by atoms with E-state index >= 15 is 0 Å². The molecule has 6 nitrogen and oxygen atoms in total. The molecule has 0 fully saturated rings. The van der Waals surface area contributed by atoms with Crippen molar-refractivity contribution in [3.05, 3.63) is 41.5 Å². The second kappa shape index (κ2) is 5.99. The van der Waals surface area contributed by atoms with Gasteiger partial charge >= 0.3 is 0 Å². The molecule has 100 valence electrons. The average molecular weight is 261 g/mol. The van der Waals surface area contributed by atoms with Crippen LogP contribution in [-0.4, -0.2) is 22.7 Å². The van der Waals surface area contributed by atoms with Gasteiger partial charge in [0.15, 0.2) is 5.82 Å². The molecule has 1 aromatic carbocycles. The van der Waals surface area contributed by atoms with Gasteiger partial charge in [0.2, 0.25) is 5.89 Å². The molecule has 1 aromatic heterocycles. The number of nitrogens with zero attached hydrogens (tertiary/aromatic N) is 2. The van der Waals surface area contributed by atoms with E-state index in [0.29, 0.717) is 23.9 Å². The van der Waals surface area contributed by atoms with Crippen LogP contribution in [0.25, 0.3) is 0 Å². The van der Waals surface area contributed by atoms with Gasteiger partial charge in [-0.3, -0.25) is 4.79 Å². The van der Waals surface area contributed by atoms with E-state index in [0.717, 1.165) is 5.75 Å². The molecular weight excluding hydrogens is 246 g/mol. The van der Waals surface area contributed by atoms with Crippen LogP contribution < -0.4 is 10.1 Å². The highest BCUT2D eigenvalue weighted by Crippen LogP contribution is 2.12. The van der Waals surface area contributed by atoms with Crippen molar-refractivity contribution in [2.45, 2.75) is 20.4 Å². The summed E-state index contributed by atoms with van der Waals surface area (Å²) in [7, 11) is 0. The van der Waals surface area contributed by atoms with Crippen LogP contribution in [0.1, 0.15) is 29.0 Å². The fourth-order valence-corrected chi connectivity index (χ4v) is 1.54. The lowest BCUT2D eigenvalue weighted by Gasteiger charge is -2.05. The first-order chi connectivity index (χ1) is 9.19. The Morgan fingerprint density at radius 1 is 1.37 bits per heavy atom. The number of carbonyl (C=O) groups is 1. The van der Waals surface area contributed by atoms with Crippen molar-refractivity contribution in [1.29, 1.82) is 0 Å². The third-order valence-corrected chi connectivity index (χ3v) is 2.40. The SMILES string of the molecule is CCOc1ccc(C(=O)NCc2nc(C)no2)cc1. The van der Waals surface area contributed by atoms with Crippen molar-refractivity contribution < 1.29 is 14.1 Å². The molecule has 0 unspecified atom stereocenters. The highest BCUT2D eigenvalue weighted by atomic mass is 16.5. The van der Waals surface area contributed by atoms with Gasteiger partial charge in [-0.15, -0.1) is 0 Å². The summed E-state index contributed by atoms with van der Waals surface area (Å²) < 4.78 is 10.2. The number of amides is 1. The van der Waals surface area contributed by atoms with E-state index < -0.39 is 0 Å². The molecule has 1 amide bonds. The van der Waals surface area contributed by atoms with Gasteiger partial charge in [0.05, 0.1) is 13.2 Å². The molecule has 0 atom stereocenters. The van der Waals surface area contributed by atoms with E-state index in [1.54, 1.807) is 31.2 Å². The van der Waals surface area contributed by atoms with Crippen LogP contribution in [0.4, 0.5) is 0 Å². The number of carbonyl (C=O) groups excluding carboxylic acids is 1. The average Bonchev–Trinajstić information content (AvgIpc) is 2.83. The lowest BCUT2D eigenvalue weighted by atomic mass is 10.2. The first-order valence-electron chi connectivity index (χ1n) is 5.99. The Morgan fingerprint density at radius 2 is 2.11 bits per heavy atom. The van der Waals surface area contributed by atoms with E-state index in [4.69, 9.17) is 9.26 Å². The van der Waals surface area contributed by atoms with Gasteiger partial charge in [0, 0.05) is 5.56 Å². The topological polar surface area (TPSA) is 77.2 Å². The normalized spacial score (nSPS) is 10.2. The number of rotatable bonds is 5. The molecule has 0 spiro atoms. The maximum absolute atomic E-state index is 11.9. The molecule has 2 rings (SSSR count). The number of aryl methyl sites for hydroxylation is 1. The zero-order valence-corrected chi connectivity index (χ0v) is 10.8. The Hall–Kier alpha value is -2.37. The van der Waals surface area contributed by atoms with Crippen LogP contribution in [0, 0.1) is 6.92 Å². The highest BCUT2D eigenvalue weighted by molar-refractivity contribution is 5.94. The van der Waals surface area contributed by atoms with Crippen LogP contribution in [0.5, 0.6) is 5.75 Å². The van der Waals surface area contributed by atoms with E-state index in [9.17, 15) is 4.79 Å². The molecule has 0 saturated heterocycles. The van der Waals surface area contributed by atoms with E-state index in [2.05, 4.69) is 15.5 Å². The number of hydrogen-bond acceptors (Lipinski definition) is 5. The third-order valence-electron chi connectivity index (χ3n) is 2.40. The van der Waals surface area contributed by atoms with Gasteiger partial charge in [-0.1, -0.05) is 5.16 Å². The lowest BCUT2D eigenvalue weighted by Crippen LogP contribution is -2.22. The van der Waals surface area contributed by atoms with Crippen molar-refractivity contribution >= 4 is 5.91 Å². The minimum Gasteiger partial charge on any atom is -0.494 e. The lowest BCUT2D eigenvalue weighted by molar-refractivity contribution is 0.0946. The molecule has 19 heavy (non-hydrogen) atoms. The maximum Gasteiger partial charge on any atom is 0.251 e. The molecule has 6 heteroatoms. The largest absolute Gasteiger partial charge is 0.494 e. The fourth-order valence-electron chi connectivity index (χ4n) is 1.54. The Labute approximate surface area is 110 Å². The zero-order valence-electron chi connectivity index (χ0n) is 10.8. The molecule has 0 aliphatic heterocycles. The van der Waals surface area contributed by atoms with Gasteiger partial charge in [-0.2, -0.15) is 4.98 Å². The highest BCUT2D eigenvalue weighted by Gasteiger charge is 2.08.